The molecule has 0 saturated carbocycles. The lowest BCUT2D eigenvalue weighted by Crippen LogP contribution is -2.14. The summed E-state index contributed by atoms with van der Waals surface area (Å²) in [4.78, 5) is 17.6. The lowest BCUT2D eigenvalue weighted by molar-refractivity contribution is 0.102. The van der Waals surface area contributed by atoms with E-state index >= 15 is 0 Å². The molecule has 1 amide bonds. The van der Waals surface area contributed by atoms with Crippen molar-refractivity contribution >= 4 is 17.2 Å². The smallest absolute Gasteiger partial charge is 0.259 e. The molecule has 0 aliphatic heterocycles. The molecule has 33 heavy (non-hydrogen) atoms. The second-order valence-electron chi connectivity index (χ2n) is 7.76. The number of amides is 1. The van der Waals surface area contributed by atoms with Crippen molar-refractivity contribution in [3.8, 4) is 11.4 Å². The molecule has 7 heteroatoms. The van der Waals surface area contributed by atoms with Gasteiger partial charge in [0.2, 0.25) is 0 Å². The fourth-order valence-corrected chi connectivity index (χ4v) is 3.86. The summed E-state index contributed by atoms with van der Waals surface area (Å²) in [5, 5.41) is 7.54. The third-order valence-electron chi connectivity index (χ3n) is 5.41. The predicted molar refractivity (Wildman–Crippen MR) is 127 cm³/mol. The molecule has 0 unspecified atom stereocenters. The van der Waals surface area contributed by atoms with Gasteiger partial charge >= 0.3 is 0 Å². The minimum absolute atomic E-state index is 0.204. The normalized spacial score (nSPS) is 11.0. The molecule has 7 nitrogen and oxygen atoms in total. The fraction of sp³-hybridized carbons (Fsp3) is 0.115. The molecule has 2 aromatic carbocycles. The fourth-order valence-electron chi connectivity index (χ4n) is 3.86. The highest BCUT2D eigenvalue weighted by atomic mass is 16.5. The predicted octanol–water partition coefficient (Wildman–Crippen LogP) is 4.97. The molecule has 5 aromatic rings. The number of aryl methyl sites for hydroxylation is 1. The van der Waals surface area contributed by atoms with Crippen molar-refractivity contribution in [2.45, 2.75) is 20.5 Å². The van der Waals surface area contributed by atoms with Crippen molar-refractivity contribution in [2.24, 2.45) is 0 Å². The van der Waals surface area contributed by atoms with Gasteiger partial charge in [-0.1, -0.05) is 30.3 Å². The van der Waals surface area contributed by atoms with Crippen LogP contribution in [0.4, 0.5) is 5.69 Å². The Bertz CT molecular complexity index is 1400. The lowest BCUT2D eigenvalue weighted by atomic mass is 10.1. The summed E-state index contributed by atoms with van der Waals surface area (Å²) in [6, 6.07) is 23.0. The van der Waals surface area contributed by atoms with E-state index in [1.54, 1.807) is 10.7 Å². The highest BCUT2D eigenvalue weighted by Gasteiger charge is 2.19. The molecule has 3 aromatic heterocycles. The first kappa shape index (κ1) is 20.5. The number of nitrogens with one attached hydrogen (secondary N) is 1. The van der Waals surface area contributed by atoms with E-state index in [1.807, 2.05) is 97.4 Å². The standard InChI is InChI=1S/C26H23N5O2/c1-18-25(19(2)31(29-18)22-10-4-3-5-11-22)26(32)28-20-9-8-12-23(15-20)33-17-21-16-30-14-7-6-13-24(30)27-21/h3-16H,17H2,1-2H3,(H,28,32). The van der Waals surface area contributed by atoms with E-state index in [4.69, 9.17) is 4.74 Å². The maximum absolute atomic E-state index is 13.1. The van der Waals surface area contributed by atoms with Gasteiger partial charge in [0, 0.05) is 24.1 Å². The molecular weight excluding hydrogens is 414 g/mol. The number of hydrogen-bond acceptors (Lipinski definition) is 4. The quantitative estimate of drug-likeness (QED) is 0.407. The highest BCUT2D eigenvalue weighted by Crippen LogP contribution is 2.22. The second-order valence-corrected chi connectivity index (χ2v) is 7.76. The lowest BCUT2D eigenvalue weighted by Gasteiger charge is -2.09. The molecule has 3 heterocycles. The van der Waals surface area contributed by atoms with Gasteiger partial charge < -0.3 is 14.5 Å². The molecule has 0 fully saturated rings. The van der Waals surface area contributed by atoms with Gasteiger partial charge in [-0.25, -0.2) is 9.67 Å². The van der Waals surface area contributed by atoms with Gasteiger partial charge in [-0.15, -0.1) is 0 Å². The van der Waals surface area contributed by atoms with Crippen LogP contribution in [0.15, 0.2) is 85.2 Å². The molecule has 0 saturated heterocycles. The van der Waals surface area contributed by atoms with E-state index in [0.29, 0.717) is 29.3 Å². The Labute approximate surface area is 191 Å². The van der Waals surface area contributed by atoms with E-state index in [-0.39, 0.29) is 5.91 Å². The van der Waals surface area contributed by atoms with Gasteiger partial charge in [-0.3, -0.25) is 4.79 Å². The van der Waals surface area contributed by atoms with Gasteiger partial charge in [0.1, 0.15) is 18.0 Å². The Hall–Kier alpha value is -4.39. The Morgan fingerprint density at radius 1 is 1.00 bits per heavy atom. The van der Waals surface area contributed by atoms with Gasteiger partial charge in [0.25, 0.3) is 5.91 Å². The Morgan fingerprint density at radius 2 is 1.82 bits per heavy atom. The summed E-state index contributed by atoms with van der Waals surface area (Å²) in [6.07, 6.45) is 3.89. The van der Waals surface area contributed by atoms with E-state index in [9.17, 15) is 4.79 Å². The number of para-hydroxylation sites is 1. The topological polar surface area (TPSA) is 73.5 Å². The van der Waals surface area contributed by atoms with Crippen molar-refractivity contribution in [1.82, 2.24) is 19.2 Å². The highest BCUT2D eigenvalue weighted by molar-refractivity contribution is 6.06. The van der Waals surface area contributed by atoms with Gasteiger partial charge in [-0.2, -0.15) is 5.10 Å². The zero-order chi connectivity index (χ0) is 22.8. The third kappa shape index (κ3) is 4.21. The Morgan fingerprint density at radius 3 is 2.64 bits per heavy atom. The first-order chi connectivity index (χ1) is 16.1. The number of rotatable bonds is 6. The van der Waals surface area contributed by atoms with E-state index in [1.165, 1.54) is 0 Å². The average Bonchev–Trinajstić information content (AvgIpc) is 3.38. The van der Waals surface area contributed by atoms with Crippen LogP contribution < -0.4 is 10.1 Å². The maximum atomic E-state index is 13.1. The molecule has 0 atom stereocenters. The summed E-state index contributed by atoms with van der Waals surface area (Å²) in [7, 11) is 0. The molecule has 0 radical (unpaired) electrons. The van der Waals surface area contributed by atoms with Crippen LogP contribution in [0.25, 0.3) is 11.3 Å². The van der Waals surface area contributed by atoms with Gasteiger partial charge in [0.15, 0.2) is 0 Å². The minimum Gasteiger partial charge on any atom is -0.487 e. The number of fused-ring (bicyclic) bond motifs is 1. The summed E-state index contributed by atoms with van der Waals surface area (Å²) in [6.45, 7) is 4.08. The van der Waals surface area contributed by atoms with E-state index < -0.39 is 0 Å². The van der Waals surface area contributed by atoms with Gasteiger partial charge in [0.05, 0.1) is 28.3 Å². The number of carbonyl (C=O) groups is 1. The van der Waals surface area contributed by atoms with Crippen molar-refractivity contribution in [1.29, 1.82) is 0 Å². The van der Waals surface area contributed by atoms with Crippen LogP contribution in [-0.2, 0) is 6.61 Å². The number of pyridine rings is 1. The minimum atomic E-state index is -0.204. The number of nitrogens with zero attached hydrogens (tertiary/aromatic N) is 4. The van der Waals surface area contributed by atoms with Crippen LogP contribution in [-0.4, -0.2) is 25.1 Å². The van der Waals surface area contributed by atoms with E-state index in [2.05, 4.69) is 15.4 Å². The molecule has 0 aliphatic carbocycles. The first-order valence-electron chi connectivity index (χ1n) is 10.7. The number of benzene rings is 2. The third-order valence-corrected chi connectivity index (χ3v) is 5.41. The number of hydrogen-bond donors (Lipinski definition) is 1. The van der Waals surface area contributed by atoms with Crippen LogP contribution in [0, 0.1) is 13.8 Å². The average molecular weight is 438 g/mol. The van der Waals surface area contributed by atoms with Crippen molar-refractivity contribution in [3.05, 3.63) is 108 Å². The molecule has 0 spiro atoms. The van der Waals surface area contributed by atoms with Crippen LogP contribution in [0.5, 0.6) is 5.75 Å². The molecular formula is C26H23N5O2. The monoisotopic (exact) mass is 437 g/mol. The molecule has 0 aliphatic rings. The maximum Gasteiger partial charge on any atom is 0.259 e. The summed E-state index contributed by atoms with van der Waals surface area (Å²) in [5.41, 5.74) is 5.30. The summed E-state index contributed by atoms with van der Waals surface area (Å²) in [5.74, 6) is 0.447. The van der Waals surface area contributed by atoms with Gasteiger partial charge in [-0.05, 0) is 50.2 Å². The Kier molecular flexibility index (Phi) is 5.36. The molecule has 164 valence electrons. The SMILES string of the molecule is Cc1nn(-c2ccccc2)c(C)c1C(=O)Nc1cccc(OCc2cn3ccccc3n2)c1. The zero-order valence-electron chi connectivity index (χ0n) is 18.4. The number of aromatic nitrogens is 4. The largest absolute Gasteiger partial charge is 0.487 e. The first-order valence-corrected chi connectivity index (χ1v) is 10.7. The summed E-state index contributed by atoms with van der Waals surface area (Å²) < 4.78 is 9.66. The van der Waals surface area contributed by atoms with Crippen LogP contribution in [0.2, 0.25) is 0 Å². The van der Waals surface area contributed by atoms with Crippen molar-refractivity contribution in [2.75, 3.05) is 5.32 Å². The molecule has 5 rings (SSSR count). The zero-order valence-corrected chi connectivity index (χ0v) is 18.4. The number of imidazole rings is 1. The number of carbonyl (C=O) groups excluding carboxylic acids is 1. The van der Waals surface area contributed by atoms with Crippen molar-refractivity contribution < 1.29 is 9.53 Å². The summed E-state index contributed by atoms with van der Waals surface area (Å²) >= 11 is 0. The van der Waals surface area contributed by atoms with Crippen LogP contribution >= 0.6 is 0 Å². The van der Waals surface area contributed by atoms with E-state index in [0.717, 1.165) is 22.7 Å². The second kappa shape index (κ2) is 8.63. The Balaban J connectivity index is 1.30. The van der Waals surface area contributed by atoms with Crippen LogP contribution in [0.3, 0.4) is 0 Å². The number of anilines is 1. The van der Waals surface area contributed by atoms with Crippen LogP contribution in [0.1, 0.15) is 27.4 Å². The number of ether oxygens (including phenoxy) is 1. The molecule has 0 bridgehead atoms. The molecule has 1 N–H and O–H groups in total. The van der Waals surface area contributed by atoms with Crippen molar-refractivity contribution in [3.63, 3.8) is 0 Å².